The molecule has 0 aromatic heterocycles. The van der Waals surface area contributed by atoms with Gasteiger partial charge in [-0.15, -0.1) is 10.0 Å². The van der Waals surface area contributed by atoms with Gasteiger partial charge in [0.2, 0.25) is 4.75 Å². The van der Waals surface area contributed by atoms with Crippen LogP contribution < -0.4 is 5.32 Å². The predicted molar refractivity (Wildman–Crippen MR) is 162 cm³/mol. The number of allylic oxidation sites excluding steroid dienone is 1. The molecule has 0 aliphatic heterocycles. The average Bonchev–Trinajstić information content (AvgIpc) is 3.04. The van der Waals surface area contributed by atoms with Crippen molar-refractivity contribution in [2.24, 2.45) is 29.6 Å². The first-order valence-corrected chi connectivity index (χ1v) is 16.3. The van der Waals surface area contributed by atoms with Gasteiger partial charge in [0.05, 0.1) is 5.70 Å². The normalized spacial score (nSPS) is 24.3. The molecule has 42 heavy (non-hydrogen) atoms. The van der Waals surface area contributed by atoms with Gasteiger partial charge >= 0.3 is 0 Å². The van der Waals surface area contributed by atoms with Crippen molar-refractivity contribution >= 4 is 10.0 Å². The lowest BCUT2D eigenvalue weighted by Crippen LogP contribution is -2.50. The van der Waals surface area contributed by atoms with E-state index in [1.807, 2.05) is 91.0 Å². The Kier molecular flexibility index (Phi) is 7.52. The highest BCUT2D eigenvalue weighted by molar-refractivity contribution is 8.35. The molecule has 4 bridgehead atoms. The molecule has 5 nitrogen and oxygen atoms in total. The van der Waals surface area contributed by atoms with Crippen molar-refractivity contribution in [2.45, 2.75) is 51.5 Å². The highest BCUT2D eigenvalue weighted by Gasteiger charge is 2.57. The van der Waals surface area contributed by atoms with Gasteiger partial charge < -0.3 is 5.32 Å². The SMILES string of the molecule is N#CC(C#N)=C(NCC1C2CC3CC(C2)CC1C3)C(C#N)(C#N)S(c1ccccc1)(c1ccccc1)c1ccccc1. The number of nitriles is 4. The third-order valence-electron chi connectivity index (χ3n) is 9.83. The van der Waals surface area contributed by atoms with Gasteiger partial charge in [0, 0.05) is 21.2 Å². The third kappa shape index (κ3) is 4.27. The third-order valence-corrected chi connectivity index (χ3v) is 14.1. The zero-order valence-corrected chi connectivity index (χ0v) is 24.3. The first-order valence-electron chi connectivity index (χ1n) is 14.7. The summed E-state index contributed by atoms with van der Waals surface area (Å²) in [5, 5.41) is 46.7. The van der Waals surface area contributed by atoms with E-state index in [0.29, 0.717) is 24.3 Å². The van der Waals surface area contributed by atoms with E-state index in [2.05, 4.69) is 29.6 Å². The van der Waals surface area contributed by atoms with E-state index in [1.54, 1.807) is 0 Å². The van der Waals surface area contributed by atoms with Gasteiger partial charge in [0.1, 0.15) is 24.3 Å². The molecule has 0 saturated heterocycles. The highest BCUT2D eigenvalue weighted by Crippen LogP contribution is 2.77. The summed E-state index contributed by atoms with van der Waals surface area (Å²) in [7, 11) is -2.72. The summed E-state index contributed by atoms with van der Waals surface area (Å²) < 4.78 is -1.89. The summed E-state index contributed by atoms with van der Waals surface area (Å²) >= 11 is 0. The van der Waals surface area contributed by atoms with Crippen LogP contribution in [0.3, 0.4) is 0 Å². The standard InChI is InChI=1S/C36H33N5S/c37-21-30(22-38)35(41-23-34-28-17-26-16-27(19-28)20-29(34)18-26)36(24-39,25-40)42(31-10-4-1-5-11-31,32-12-6-2-7-13-32)33-14-8-3-9-15-33/h1-15,26-29,34,41H,16-20,23H2. The lowest BCUT2D eigenvalue weighted by molar-refractivity contribution is -0.0346. The molecule has 3 aromatic carbocycles. The molecule has 4 saturated carbocycles. The van der Waals surface area contributed by atoms with Crippen molar-refractivity contribution in [3.05, 3.63) is 102 Å². The van der Waals surface area contributed by atoms with Crippen LogP contribution in [0, 0.1) is 74.9 Å². The number of rotatable bonds is 8. The Hall–Kier alpha value is -4.49. The molecule has 0 unspecified atom stereocenters. The Morgan fingerprint density at radius 1 is 0.643 bits per heavy atom. The van der Waals surface area contributed by atoms with Gasteiger partial charge in [-0.2, -0.15) is 21.0 Å². The minimum atomic E-state index is -2.72. The van der Waals surface area contributed by atoms with Gasteiger partial charge in [-0.1, -0.05) is 54.6 Å². The first-order chi connectivity index (χ1) is 20.6. The first kappa shape index (κ1) is 27.7. The molecule has 3 aromatic rings. The zero-order chi connectivity index (χ0) is 29.2. The average molecular weight is 568 g/mol. The van der Waals surface area contributed by atoms with E-state index in [-0.39, 0.29) is 11.3 Å². The summed E-state index contributed by atoms with van der Waals surface area (Å²) in [6.07, 6.45) is 6.29. The number of nitrogens with zero attached hydrogens (tertiary/aromatic N) is 4. The fourth-order valence-corrected chi connectivity index (χ4v) is 12.7. The van der Waals surface area contributed by atoms with Gasteiger partial charge in [-0.05, 0) is 98.1 Å². The van der Waals surface area contributed by atoms with Crippen molar-refractivity contribution < 1.29 is 0 Å². The van der Waals surface area contributed by atoms with E-state index in [4.69, 9.17) is 0 Å². The molecular weight excluding hydrogens is 534 g/mol. The maximum atomic E-state index is 11.3. The van der Waals surface area contributed by atoms with Gasteiger partial charge in [0.15, 0.2) is 5.57 Å². The van der Waals surface area contributed by atoms with Crippen LogP contribution >= 0.6 is 10.0 Å². The topological polar surface area (TPSA) is 107 Å². The van der Waals surface area contributed by atoms with Crippen LogP contribution in [-0.2, 0) is 0 Å². The number of benzene rings is 3. The van der Waals surface area contributed by atoms with Gasteiger partial charge in [-0.25, -0.2) is 0 Å². The van der Waals surface area contributed by atoms with Crippen LogP contribution in [0.15, 0.2) is 117 Å². The molecule has 1 N–H and O–H groups in total. The molecule has 0 radical (unpaired) electrons. The Bertz CT molecular complexity index is 1480. The molecule has 4 fully saturated rings. The van der Waals surface area contributed by atoms with E-state index < -0.39 is 14.8 Å². The predicted octanol–water partition coefficient (Wildman–Crippen LogP) is 7.72. The van der Waals surface area contributed by atoms with Crippen LogP contribution in [0.4, 0.5) is 0 Å². The highest BCUT2D eigenvalue weighted by atomic mass is 32.3. The molecular formula is C36H33N5S. The molecule has 7 rings (SSSR count). The number of hydrogen-bond donors (Lipinski definition) is 1. The second-order valence-electron chi connectivity index (χ2n) is 11.9. The van der Waals surface area contributed by atoms with Gasteiger partial charge in [0.25, 0.3) is 0 Å². The van der Waals surface area contributed by atoms with Crippen molar-refractivity contribution in [3.8, 4) is 24.3 Å². The molecule has 0 heterocycles. The Labute approximate surface area is 250 Å². The van der Waals surface area contributed by atoms with Crippen LogP contribution in [0.2, 0.25) is 0 Å². The molecule has 6 heteroatoms. The van der Waals surface area contributed by atoms with Gasteiger partial charge in [-0.3, -0.25) is 0 Å². The summed E-state index contributed by atoms with van der Waals surface area (Å²) in [5.41, 5.74) is -0.0700. The molecule has 208 valence electrons. The second-order valence-corrected chi connectivity index (χ2v) is 15.2. The summed E-state index contributed by atoms with van der Waals surface area (Å²) in [5.74, 6) is 3.25. The van der Waals surface area contributed by atoms with Crippen molar-refractivity contribution in [1.29, 1.82) is 21.0 Å². The fraction of sp³-hybridized carbons (Fsp3) is 0.333. The molecule has 4 aliphatic carbocycles. The van der Waals surface area contributed by atoms with Crippen LogP contribution in [0.1, 0.15) is 32.1 Å². The largest absolute Gasteiger partial charge is 0.384 e. The van der Waals surface area contributed by atoms with E-state index in [9.17, 15) is 21.0 Å². The fourth-order valence-electron chi connectivity index (χ4n) is 8.36. The quantitative estimate of drug-likeness (QED) is 0.280. The lowest BCUT2D eigenvalue weighted by atomic mass is 9.52. The van der Waals surface area contributed by atoms with E-state index in [1.165, 1.54) is 32.1 Å². The van der Waals surface area contributed by atoms with Crippen molar-refractivity contribution in [1.82, 2.24) is 5.32 Å². The Balaban J connectivity index is 1.58. The molecule has 0 amide bonds. The van der Waals surface area contributed by atoms with Crippen molar-refractivity contribution in [2.75, 3.05) is 6.54 Å². The van der Waals surface area contributed by atoms with Crippen LogP contribution in [0.25, 0.3) is 0 Å². The zero-order valence-electron chi connectivity index (χ0n) is 23.5. The minimum Gasteiger partial charge on any atom is -0.384 e. The van der Waals surface area contributed by atoms with Crippen molar-refractivity contribution in [3.63, 3.8) is 0 Å². The number of nitrogens with one attached hydrogen (secondary N) is 1. The Morgan fingerprint density at radius 3 is 1.40 bits per heavy atom. The van der Waals surface area contributed by atoms with E-state index >= 15 is 0 Å². The maximum absolute atomic E-state index is 11.3. The summed E-state index contributed by atoms with van der Waals surface area (Å²) in [6, 6.07) is 38.1. The molecule has 4 aliphatic rings. The monoisotopic (exact) mass is 567 g/mol. The van der Waals surface area contributed by atoms with Crippen LogP contribution in [0.5, 0.6) is 0 Å². The molecule has 0 atom stereocenters. The summed E-state index contributed by atoms with van der Waals surface area (Å²) in [4.78, 5) is 2.44. The number of hydrogen-bond acceptors (Lipinski definition) is 5. The Morgan fingerprint density at radius 2 is 1.05 bits per heavy atom. The smallest absolute Gasteiger partial charge is 0.226 e. The maximum Gasteiger partial charge on any atom is 0.226 e. The van der Waals surface area contributed by atoms with Crippen LogP contribution in [-0.4, -0.2) is 11.3 Å². The lowest BCUT2D eigenvalue weighted by Gasteiger charge is -2.55. The molecule has 0 spiro atoms. The summed E-state index contributed by atoms with van der Waals surface area (Å²) in [6.45, 7) is 0.552. The minimum absolute atomic E-state index is 0.137. The van der Waals surface area contributed by atoms with E-state index in [0.717, 1.165) is 26.5 Å². The second kappa shape index (κ2) is 11.4.